The summed E-state index contributed by atoms with van der Waals surface area (Å²) in [6, 6.07) is 0. The summed E-state index contributed by atoms with van der Waals surface area (Å²) in [5, 5.41) is 16.9. The van der Waals surface area contributed by atoms with Crippen LogP contribution in [0.5, 0.6) is 0 Å². The minimum Gasteiger partial charge on any atom is -0.481 e. The van der Waals surface area contributed by atoms with Gasteiger partial charge in [0.25, 0.3) is 0 Å². The highest BCUT2D eigenvalue weighted by atomic mass is 32.1. The van der Waals surface area contributed by atoms with Crippen molar-refractivity contribution in [1.29, 1.82) is 0 Å². The summed E-state index contributed by atoms with van der Waals surface area (Å²) < 4.78 is 0. The molecule has 0 aromatic carbocycles. The third-order valence-electron chi connectivity index (χ3n) is 2.07. The molecule has 0 aliphatic heterocycles. The van der Waals surface area contributed by atoms with E-state index in [4.69, 9.17) is 10.2 Å². The molecule has 0 heterocycles. The highest BCUT2D eigenvalue weighted by Crippen LogP contribution is 2.18. The molecule has 0 aliphatic rings. The van der Waals surface area contributed by atoms with Gasteiger partial charge in [0.15, 0.2) is 0 Å². The highest BCUT2D eigenvalue weighted by Gasteiger charge is 2.11. The third kappa shape index (κ3) is 7.91. The fourth-order valence-corrected chi connectivity index (χ4v) is 1.64. The van der Waals surface area contributed by atoms with Gasteiger partial charge >= 0.3 is 11.9 Å². The normalized spacial score (nSPS) is 10.4. The second kappa shape index (κ2) is 7.67. The number of carboxylic acid groups (broad SMARTS) is 2. The van der Waals surface area contributed by atoms with Crippen LogP contribution in [0.4, 0.5) is 0 Å². The van der Waals surface area contributed by atoms with Crippen molar-refractivity contribution < 1.29 is 19.8 Å². The van der Waals surface area contributed by atoms with E-state index in [0.717, 1.165) is 6.42 Å². The molecule has 0 atom stereocenters. The van der Waals surface area contributed by atoms with Crippen molar-refractivity contribution in [3.05, 3.63) is 0 Å². The summed E-state index contributed by atoms with van der Waals surface area (Å²) in [7, 11) is 0. The fourth-order valence-electron chi connectivity index (χ4n) is 1.27. The van der Waals surface area contributed by atoms with E-state index < -0.39 is 11.9 Å². The zero-order chi connectivity index (χ0) is 11.0. The predicted molar refractivity (Wildman–Crippen MR) is 55.7 cm³/mol. The van der Waals surface area contributed by atoms with E-state index in [1.165, 1.54) is 0 Å². The van der Waals surface area contributed by atoms with Gasteiger partial charge in [-0.2, -0.15) is 12.6 Å². The summed E-state index contributed by atoms with van der Waals surface area (Å²) in [4.78, 5) is 20.6. The molecule has 14 heavy (non-hydrogen) atoms. The zero-order valence-electron chi connectivity index (χ0n) is 7.98. The van der Waals surface area contributed by atoms with Gasteiger partial charge < -0.3 is 10.2 Å². The second-order valence-electron chi connectivity index (χ2n) is 3.24. The maximum atomic E-state index is 10.3. The predicted octanol–water partition coefficient (Wildman–Crippen LogP) is 1.65. The molecular weight excluding hydrogens is 204 g/mol. The van der Waals surface area contributed by atoms with Crippen molar-refractivity contribution >= 4 is 24.6 Å². The number of hydrogen-bond acceptors (Lipinski definition) is 3. The van der Waals surface area contributed by atoms with E-state index >= 15 is 0 Å². The molecule has 0 rings (SSSR count). The average Bonchev–Trinajstić information content (AvgIpc) is 2.09. The molecule has 5 heteroatoms. The van der Waals surface area contributed by atoms with Gasteiger partial charge in [-0.15, -0.1) is 0 Å². The Morgan fingerprint density at radius 2 is 1.43 bits per heavy atom. The Hall–Kier alpha value is -0.710. The maximum absolute atomic E-state index is 10.3. The third-order valence-corrected chi connectivity index (χ3v) is 2.33. The maximum Gasteiger partial charge on any atom is 0.303 e. The van der Waals surface area contributed by atoms with E-state index in [1.807, 2.05) is 0 Å². The SMILES string of the molecule is O=C(O)CCC(CCS)CCC(=O)O. The Kier molecular flexibility index (Phi) is 7.28. The molecule has 0 aromatic rings. The molecule has 82 valence electrons. The number of aliphatic carboxylic acids is 2. The molecule has 0 aliphatic carbocycles. The van der Waals surface area contributed by atoms with Crippen molar-refractivity contribution in [3.8, 4) is 0 Å². The standard InChI is InChI=1S/C9H16O4S/c10-8(11)3-1-7(5-6-14)2-4-9(12)13/h7,14H,1-6H2,(H,10,11)(H,12,13). The Balaban J connectivity index is 3.76. The number of hydrogen-bond donors (Lipinski definition) is 3. The van der Waals surface area contributed by atoms with Crippen LogP contribution in [-0.4, -0.2) is 27.9 Å². The summed E-state index contributed by atoms with van der Waals surface area (Å²) in [6.45, 7) is 0. The molecule has 4 nitrogen and oxygen atoms in total. The monoisotopic (exact) mass is 220 g/mol. The summed E-state index contributed by atoms with van der Waals surface area (Å²) in [5.74, 6) is -0.821. The lowest BCUT2D eigenvalue weighted by Crippen LogP contribution is -2.08. The van der Waals surface area contributed by atoms with Crippen molar-refractivity contribution in [2.45, 2.75) is 32.1 Å². The van der Waals surface area contributed by atoms with Crippen LogP contribution in [0.1, 0.15) is 32.1 Å². The molecule has 0 spiro atoms. The lowest BCUT2D eigenvalue weighted by molar-refractivity contribution is -0.137. The first-order chi connectivity index (χ1) is 6.56. The van der Waals surface area contributed by atoms with Crippen LogP contribution in [0, 0.1) is 5.92 Å². The molecule has 0 saturated heterocycles. The molecule has 0 unspecified atom stereocenters. The van der Waals surface area contributed by atoms with Gasteiger partial charge in [0, 0.05) is 12.8 Å². The summed E-state index contributed by atoms with van der Waals surface area (Å²) in [5.41, 5.74) is 0. The van der Waals surface area contributed by atoms with Crippen LogP contribution in [0.2, 0.25) is 0 Å². The zero-order valence-corrected chi connectivity index (χ0v) is 8.87. The highest BCUT2D eigenvalue weighted by molar-refractivity contribution is 7.80. The van der Waals surface area contributed by atoms with Crippen molar-refractivity contribution in [3.63, 3.8) is 0 Å². The minimum absolute atomic E-state index is 0.109. The Labute approximate surface area is 88.7 Å². The van der Waals surface area contributed by atoms with Crippen LogP contribution in [0.3, 0.4) is 0 Å². The Morgan fingerprint density at radius 1 is 1.00 bits per heavy atom. The smallest absolute Gasteiger partial charge is 0.303 e. The average molecular weight is 220 g/mol. The molecule has 0 amide bonds. The summed E-state index contributed by atoms with van der Waals surface area (Å²) in [6.07, 6.45) is 2.09. The van der Waals surface area contributed by atoms with Crippen LogP contribution in [-0.2, 0) is 9.59 Å². The lowest BCUT2D eigenvalue weighted by atomic mass is 9.95. The molecule has 0 fully saturated rings. The van der Waals surface area contributed by atoms with E-state index in [1.54, 1.807) is 0 Å². The lowest BCUT2D eigenvalue weighted by Gasteiger charge is -2.12. The first-order valence-electron chi connectivity index (χ1n) is 4.60. The first kappa shape index (κ1) is 13.3. The quantitative estimate of drug-likeness (QED) is 0.544. The van der Waals surface area contributed by atoms with Gasteiger partial charge in [-0.05, 0) is 30.9 Å². The van der Waals surface area contributed by atoms with Crippen molar-refractivity contribution in [2.75, 3.05) is 5.75 Å². The molecule has 0 radical (unpaired) electrons. The number of carboxylic acids is 2. The molecule has 0 saturated carbocycles. The van der Waals surface area contributed by atoms with Crippen LogP contribution < -0.4 is 0 Å². The Bertz CT molecular complexity index is 175. The second-order valence-corrected chi connectivity index (χ2v) is 3.69. The van der Waals surface area contributed by atoms with E-state index in [9.17, 15) is 9.59 Å². The van der Waals surface area contributed by atoms with Crippen molar-refractivity contribution in [2.24, 2.45) is 5.92 Å². The van der Waals surface area contributed by atoms with Gasteiger partial charge in [-0.3, -0.25) is 9.59 Å². The van der Waals surface area contributed by atoms with E-state index in [-0.39, 0.29) is 18.8 Å². The minimum atomic E-state index is -0.829. The van der Waals surface area contributed by atoms with Gasteiger partial charge in [0.05, 0.1) is 0 Å². The van der Waals surface area contributed by atoms with Gasteiger partial charge in [-0.25, -0.2) is 0 Å². The number of rotatable bonds is 8. The first-order valence-corrected chi connectivity index (χ1v) is 5.24. The fraction of sp³-hybridized carbons (Fsp3) is 0.778. The molecule has 0 bridgehead atoms. The number of thiol groups is 1. The number of carbonyl (C=O) groups is 2. The molecule has 2 N–H and O–H groups in total. The van der Waals surface area contributed by atoms with Gasteiger partial charge in [0.1, 0.15) is 0 Å². The van der Waals surface area contributed by atoms with Gasteiger partial charge in [0.2, 0.25) is 0 Å². The van der Waals surface area contributed by atoms with E-state index in [0.29, 0.717) is 18.6 Å². The largest absolute Gasteiger partial charge is 0.481 e. The van der Waals surface area contributed by atoms with E-state index in [2.05, 4.69) is 12.6 Å². The molecular formula is C9H16O4S. The van der Waals surface area contributed by atoms with Gasteiger partial charge in [-0.1, -0.05) is 0 Å². The molecule has 0 aromatic heterocycles. The Morgan fingerprint density at radius 3 is 1.71 bits per heavy atom. The summed E-state index contributed by atoms with van der Waals surface area (Å²) >= 11 is 4.05. The van der Waals surface area contributed by atoms with Crippen LogP contribution in [0.25, 0.3) is 0 Å². The van der Waals surface area contributed by atoms with Crippen molar-refractivity contribution in [1.82, 2.24) is 0 Å². The van der Waals surface area contributed by atoms with Crippen LogP contribution >= 0.6 is 12.6 Å². The topological polar surface area (TPSA) is 74.6 Å². The van der Waals surface area contributed by atoms with Crippen LogP contribution in [0.15, 0.2) is 0 Å².